The summed E-state index contributed by atoms with van der Waals surface area (Å²) in [5.41, 5.74) is 2.73. The maximum Gasteiger partial charge on any atom is 0.271 e. The average molecular weight is 303 g/mol. The fraction of sp³-hybridized carbons (Fsp3) is 0.333. The molecule has 1 aliphatic heterocycles. The lowest BCUT2D eigenvalue weighted by atomic mass is 10.1. The average Bonchev–Trinajstić information content (AvgIpc) is 3.09. The van der Waals surface area contributed by atoms with Gasteiger partial charge in [0.15, 0.2) is 5.13 Å². The second kappa shape index (κ2) is 5.73. The van der Waals surface area contributed by atoms with E-state index in [-0.39, 0.29) is 12.0 Å². The van der Waals surface area contributed by atoms with Crippen molar-refractivity contribution < 1.29 is 9.53 Å². The van der Waals surface area contributed by atoms with Gasteiger partial charge in [0.2, 0.25) is 0 Å². The SMILES string of the molecule is CNc1nc(C(=O)NCc2ccc3c(c2)C[C@H](C)O3)cs1. The van der Waals surface area contributed by atoms with Crippen molar-refractivity contribution in [3.8, 4) is 5.75 Å². The Hall–Kier alpha value is -2.08. The number of hydrogen-bond acceptors (Lipinski definition) is 5. The van der Waals surface area contributed by atoms with Crippen LogP contribution in [0.3, 0.4) is 0 Å². The molecule has 0 radical (unpaired) electrons. The molecule has 0 bridgehead atoms. The predicted octanol–water partition coefficient (Wildman–Crippen LogP) is 2.44. The van der Waals surface area contributed by atoms with Crippen molar-refractivity contribution >= 4 is 22.4 Å². The second-order valence-corrected chi connectivity index (χ2v) is 5.90. The third-order valence-corrected chi connectivity index (χ3v) is 4.22. The van der Waals surface area contributed by atoms with E-state index < -0.39 is 0 Å². The molecule has 0 aliphatic carbocycles. The number of benzene rings is 1. The van der Waals surface area contributed by atoms with Crippen molar-refractivity contribution in [2.75, 3.05) is 12.4 Å². The quantitative estimate of drug-likeness (QED) is 0.910. The molecular weight excluding hydrogens is 286 g/mol. The van der Waals surface area contributed by atoms with Crippen molar-refractivity contribution in [1.82, 2.24) is 10.3 Å². The largest absolute Gasteiger partial charge is 0.490 e. The molecule has 2 heterocycles. The normalized spacial score (nSPS) is 16.2. The van der Waals surface area contributed by atoms with Crippen molar-refractivity contribution in [1.29, 1.82) is 0 Å². The number of carbonyl (C=O) groups is 1. The van der Waals surface area contributed by atoms with Gasteiger partial charge >= 0.3 is 0 Å². The molecule has 1 amide bonds. The van der Waals surface area contributed by atoms with E-state index >= 15 is 0 Å². The van der Waals surface area contributed by atoms with Crippen molar-refractivity contribution in [3.05, 3.63) is 40.4 Å². The molecule has 1 aromatic heterocycles. The van der Waals surface area contributed by atoms with Gasteiger partial charge in [0, 0.05) is 25.4 Å². The van der Waals surface area contributed by atoms with Crippen LogP contribution in [0.4, 0.5) is 5.13 Å². The van der Waals surface area contributed by atoms with Gasteiger partial charge in [-0.05, 0) is 24.1 Å². The van der Waals surface area contributed by atoms with E-state index in [1.165, 1.54) is 16.9 Å². The summed E-state index contributed by atoms with van der Waals surface area (Å²) in [6.07, 6.45) is 1.16. The lowest BCUT2D eigenvalue weighted by molar-refractivity contribution is 0.0946. The Morgan fingerprint density at radius 1 is 1.52 bits per heavy atom. The van der Waals surface area contributed by atoms with Gasteiger partial charge < -0.3 is 15.4 Å². The van der Waals surface area contributed by atoms with Gasteiger partial charge in [0.05, 0.1) is 0 Å². The summed E-state index contributed by atoms with van der Waals surface area (Å²) < 4.78 is 5.67. The minimum absolute atomic E-state index is 0.155. The Morgan fingerprint density at radius 2 is 2.38 bits per heavy atom. The molecule has 110 valence electrons. The van der Waals surface area contributed by atoms with Crippen LogP contribution in [-0.2, 0) is 13.0 Å². The van der Waals surface area contributed by atoms with Crippen LogP contribution < -0.4 is 15.4 Å². The van der Waals surface area contributed by atoms with E-state index in [9.17, 15) is 4.79 Å². The number of carbonyl (C=O) groups excluding carboxylic acids is 1. The highest BCUT2D eigenvalue weighted by molar-refractivity contribution is 7.13. The number of nitrogens with one attached hydrogen (secondary N) is 2. The van der Waals surface area contributed by atoms with Crippen LogP contribution in [0, 0.1) is 0 Å². The summed E-state index contributed by atoms with van der Waals surface area (Å²) in [4.78, 5) is 16.2. The van der Waals surface area contributed by atoms with Gasteiger partial charge in [-0.2, -0.15) is 0 Å². The van der Waals surface area contributed by atoms with Crippen LogP contribution in [0.15, 0.2) is 23.6 Å². The first-order valence-corrected chi connectivity index (χ1v) is 7.73. The lowest BCUT2D eigenvalue weighted by Crippen LogP contribution is -2.23. The van der Waals surface area contributed by atoms with E-state index in [2.05, 4.69) is 28.6 Å². The second-order valence-electron chi connectivity index (χ2n) is 5.05. The van der Waals surface area contributed by atoms with Gasteiger partial charge in [-0.1, -0.05) is 12.1 Å². The minimum atomic E-state index is -0.155. The topological polar surface area (TPSA) is 63.2 Å². The Labute approximate surface area is 127 Å². The molecule has 1 aromatic carbocycles. The molecule has 0 saturated heterocycles. The smallest absolute Gasteiger partial charge is 0.271 e. The van der Waals surface area contributed by atoms with Crippen LogP contribution in [0.1, 0.15) is 28.5 Å². The monoisotopic (exact) mass is 303 g/mol. The highest BCUT2D eigenvalue weighted by Gasteiger charge is 2.19. The summed E-state index contributed by atoms with van der Waals surface area (Å²) in [5, 5.41) is 8.30. The summed E-state index contributed by atoms with van der Waals surface area (Å²) in [6.45, 7) is 2.55. The number of thiazole rings is 1. The predicted molar refractivity (Wildman–Crippen MR) is 83.1 cm³/mol. The first-order valence-electron chi connectivity index (χ1n) is 6.85. The Kier molecular flexibility index (Phi) is 3.79. The van der Waals surface area contributed by atoms with Crippen LogP contribution in [0.5, 0.6) is 5.75 Å². The first kappa shape index (κ1) is 13.9. The molecule has 1 aliphatic rings. The number of rotatable bonds is 4. The third kappa shape index (κ3) is 3.00. The van der Waals surface area contributed by atoms with Gasteiger partial charge in [-0.25, -0.2) is 4.98 Å². The molecule has 0 saturated carbocycles. The molecule has 1 atom stereocenters. The van der Waals surface area contributed by atoms with Crippen molar-refractivity contribution in [2.45, 2.75) is 26.0 Å². The molecule has 3 rings (SSSR count). The lowest BCUT2D eigenvalue weighted by Gasteiger charge is -2.06. The molecule has 2 aromatic rings. The Balaban J connectivity index is 1.63. The summed E-state index contributed by atoms with van der Waals surface area (Å²) in [5.74, 6) is 0.800. The van der Waals surface area contributed by atoms with E-state index in [0.29, 0.717) is 12.2 Å². The number of ether oxygens (including phenoxy) is 1. The zero-order valence-corrected chi connectivity index (χ0v) is 12.8. The van der Waals surface area contributed by atoms with E-state index in [1.54, 1.807) is 12.4 Å². The van der Waals surface area contributed by atoms with Gasteiger partial charge in [0.25, 0.3) is 5.91 Å². The summed E-state index contributed by atoms with van der Waals surface area (Å²) >= 11 is 1.42. The number of anilines is 1. The van der Waals surface area contributed by atoms with Crippen molar-refractivity contribution in [3.63, 3.8) is 0 Å². The van der Waals surface area contributed by atoms with Gasteiger partial charge in [-0.15, -0.1) is 11.3 Å². The number of aromatic nitrogens is 1. The summed E-state index contributed by atoms with van der Waals surface area (Å²) in [6, 6.07) is 6.05. The number of amides is 1. The fourth-order valence-corrected chi connectivity index (χ4v) is 3.00. The zero-order valence-electron chi connectivity index (χ0n) is 12.0. The summed E-state index contributed by atoms with van der Waals surface area (Å²) in [7, 11) is 1.79. The molecule has 0 unspecified atom stereocenters. The highest BCUT2D eigenvalue weighted by atomic mass is 32.1. The minimum Gasteiger partial charge on any atom is -0.490 e. The maximum absolute atomic E-state index is 12.0. The first-order chi connectivity index (χ1) is 10.2. The fourth-order valence-electron chi connectivity index (χ4n) is 2.35. The molecule has 5 nitrogen and oxygen atoms in total. The van der Waals surface area contributed by atoms with Crippen molar-refractivity contribution in [2.24, 2.45) is 0 Å². The van der Waals surface area contributed by atoms with Crippen LogP contribution in [0.25, 0.3) is 0 Å². The maximum atomic E-state index is 12.0. The van der Waals surface area contributed by atoms with Crippen LogP contribution in [-0.4, -0.2) is 24.0 Å². The number of nitrogens with zero attached hydrogens (tertiary/aromatic N) is 1. The molecular formula is C15H17N3O2S. The van der Waals surface area contributed by atoms with Gasteiger partial charge in [-0.3, -0.25) is 4.79 Å². The standard InChI is InChI=1S/C15H17N3O2S/c1-9-5-11-6-10(3-4-13(11)20-9)7-17-14(19)12-8-21-15(16-2)18-12/h3-4,6,8-9H,5,7H2,1-2H3,(H,16,18)(H,17,19)/t9-/m0/s1. The molecule has 0 fully saturated rings. The van der Waals surface area contributed by atoms with Crippen LogP contribution in [0.2, 0.25) is 0 Å². The Bertz CT molecular complexity index is 669. The number of fused-ring (bicyclic) bond motifs is 1. The molecule has 2 N–H and O–H groups in total. The molecule has 21 heavy (non-hydrogen) atoms. The van der Waals surface area contributed by atoms with E-state index in [0.717, 1.165) is 22.9 Å². The molecule has 6 heteroatoms. The van der Waals surface area contributed by atoms with Gasteiger partial charge in [0.1, 0.15) is 17.5 Å². The van der Waals surface area contributed by atoms with E-state index in [1.807, 2.05) is 12.1 Å². The third-order valence-electron chi connectivity index (χ3n) is 3.36. The zero-order chi connectivity index (χ0) is 14.8. The Morgan fingerprint density at radius 3 is 3.14 bits per heavy atom. The molecule has 0 spiro atoms. The number of hydrogen-bond donors (Lipinski definition) is 2. The van der Waals surface area contributed by atoms with Crippen LogP contribution >= 0.6 is 11.3 Å². The highest BCUT2D eigenvalue weighted by Crippen LogP contribution is 2.29. The van der Waals surface area contributed by atoms with E-state index in [4.69, 9.17) is 4.74 Å².